The number of rotatable bonds is 2. The highest BCUT2D eigenvalue weighted by atomic mass is 79.9. The molecule has 0 atom stereocenters. The number of phenols is 1. The fourth-order valence-corrected chi connectivity index (χ4v) is 3.79. The lowest BCUT2D eigenvalue weighted by Gasteiger charge is -2.14. The Bertz CT molecular complexity index is 804. The lowest BCUT2D eigenvalue weighted by molar-refractivity contribution is -0.113. The molecule has 1 fully saturated rings. The van der Waals surface area contributed by atoms with E-state index in [1.54, 1.807) is 18.2 Å². The number of benzene rings is 2. The molecule has 0 aliphatic carbocycles. The molecule has 0 bridgehead atoms. The van der Waals surface area contributed by atoms with Crippen LogP contribution in [0.2, 0.25) is 0 Å². The van der Waals surface area contributed by atoms with Gasteiger partial charge in [-0.2, -0.15) is 0 Å². The van der Waals surface area contributed by atoms with E-state index in [1.807, 2.05) is 30.3 Å². The number of carbonyl (C=O) groups is 1. The first-order valence-electron chi connectivity index (χ1n) is 6.37. The number of hydrogen-bond acceptors (Lipinski definition) is 4. The van der Waals surface area contributed by atoms with Crippen LogP contribution in [-0.4, -0.2) is 15.3 Å². The van der Waals surface area contributed by atoms with Crippen molar-refractivity contribution in [3.63, 3.8) is 0 Å². The molecule has 0 unspecified atom stereocenters. The number of anilines is 1. The molecule has 0 spiro atoms. The number of hydrogen-bond donors (Lipinski definition) is 1. The highest BCUT2D eigenvalue weighted by Crippen LogP contribution is 2.36. The number of thioether (sulfide) groups is 1. The first kappa shape index (κ1) is 15.3. The van der Waals surface area contributed by atoms with Crippen molar-refractivity contribution in [3.8, 4) is 5.75 Å². The maximum Gasteiger partial charge on any atom is 0.270 e. The molecule has 1 saturated heterocycles. The van der Waals surface area contributed by atoms with E-state index in [2.05, 4.69) is 15.9 Å². The van der Waals surface area contributed by atoms with E-state index in [-0.39, 0.29) is 11.7 Å². The highest BCUT2D eigenvalue weighted by molar-refractivity contribution is 9.10. The fraction of sp³-hybridized carbons (Fsp3) is 0. The van der Waals surface area contributed by atoms with E-state index in [9.17, 15) is 9.90 Å². The Labute approximate surface area is 145 Å². The predicted octanol–water partition coefficient (Wildman–Crippen LogP) is 4.56. The second-order valence-corrected chi connectivity index (χ2v) is 7.18. The number of phenolic OH excluding ortho intramolecular Hbond substituents is 1. The fourth-order valence-electron chi connectivity index (χ4n) is 2.07. The van der Waals surface area contributed by atoms with Crippen LogP contribution >= 0.6 is 39.9 Å². The molecule has 22 heavy (non-hydrogen) atoms. The van der Waals surface area contributed by atoms with Gasteiger partial charge >= 0.3 is 0 Å². The third-order valence-electron chi connectivity index (χ3n) is 3.03. The van der Waals surface area contributed by atoms with Crippen LogP contribution < -0.4 is 4.90 Å². The highest BCUT2D eigenvalue weighted by Gasteiger charge is 2.33. The third kappa shape index (κ3) is 3.09. The van der Waals surface area contributed by atoms with E-state index in [0.717, 1.165) is 10.0 Å². The minimum absolute atomic E-state index is 0.0996. The summed E-state index contributed by atoms with van der Waals surface area (Å²) in [5.74, 6) is -0.0805. The van der Waals surface area contributed by atoms with E-state index >= 15 is 0 Å². The maximum atomic E-state index is 12.6. The molecule has 1 aliphatic heterocycles. The molecule has 0 radical (unpaired) electrons. The Morgan fingerprint density at radius 1 is 1.18 bits per heavy atom. The van der Waals surface area contributed by atoms with Crippen LogP contribution in [0.5, 0.6) is 5.75 Å². The predicted molar refractivity (Wildman–Crippen MR) is 97.9 cm³/mol. The molecule has 0 aromatic heterocycles. The maximum absolute atomic E-state index is 12.6. The molecule has 2 aromatic rings. The zero-order valence-corrected chi connectivity index (χ0v) is 14.4. The van der Waals surface area contributed by atoms with Crippen molar-refractivity contribution in [2.75, 3.05) is 4.90 Å². The summed E-state index contributed by atoms with van der Waals surface area (Å²) in [5, 5.41) is 9.57. The molecule has 0 saturated carbocycles. The zero-order valence-electron chi connectivity index (χ0n) is 11.2. The van der Waals surface area contributed by atoms with Crippen molar-refractivity contribution in [3.05, 3.63) is 63.5 Å². The standard InChI is InChI=1S/C16H10BrNO2S2/c17-11-4-1-3-10(7-11)8-14-15(20)18(16(21)22-14)12-5-2-6-13(19)9-12/h1-9,19H/b14-8+. The summed E-state index contributed by atoms with van der Waals surface area (Å²) in [4.78, 5) is 14.6. The minimum atomic E-state index is -0.180. The largest absolute Gasteiger partial charge is 0.508 e. The Morgan fingerprint density at radius 3 is 2.68 bits per heavy atom. The molecule has 2 aromatic carbocycles. The lowest BCUT2D eigenvalue weighted by atomic mass is 10.2. The molecule has 1 N–H and O–H groups in total. The minimum Gasteiger partial charge on any atom is -0.508 e. The first-order valence-corrected chi connectivity index (χ1v) is 8.39. The molecule has 1 aliphatic rings. The van der Waals surface area contributed by atoms with Crippen LogP contribution in [-0.2, 0) is 4.79 Å². The summed E-state index contributed by atoms with van der Waals surface area (Å²) in [7, 11) is 0. The molecule has 110 valence electrons. The van der Waals surface area contributed by atoms with Gasteiger partial charge in [0.25, 0.3) is 5.91 Å². The SMILES string of the molecule is O=C1/C(=C\c2cccc(Br)c2)SC(=S)N1c1cccc(O)c1. The normalized spacial score (nSPS) is 16.6. The summed E-state index contributed by atoms with van der Waals surface area (Å²) in [5.41, 5.74) is 1.49. The zero-order chi connectivity index (χ0) is 15.7. The summed E-state index contributed by atoms with van der Waals surface area (Å²) in [6.07, 6.45) is 1.81. The summed E-state index contributed by atoms with van der Waals surface area (Å²) < 4.78 is 1.40. The van der Waals surface area contributed by atoms with Crippen LogP contribution in [0.4, 0.5) is 5.69 Å². The van der Waals surface area contributed by atoms with Crippen molar-refractivity contribution in [1.29, 1.82) is 0 Å². The van der Waals surface area contributed by atoms with Crippen LogP contribution in [0.25, 0.3) is 6.08 Å². The van der Waals surface area contributed by atoms with Crippen molar-refractivity contribution in [1.82, 2.24) is 0 Å². The van der Waals surface area contributed by atoms with Crippen molar-refractivity contribution in [2.24, 2.45) is 0 Å². The van der Waals surface area contributed by atoms with Crippen LogP contribution in [0.3, 0.4) is 0 Å². The quantitative estimate of drug-likeness (QED) is 0.601. The summed E-state index contributed by atoms with van der Waals surface area (Å²) in [6, 6.07) is 14.2. The van der Waals surface area contributed by atoms with Gasteiger partial charge < -0.3 is 5.11 Å². The van der Waals surface area contributed by atoms with E-state index in [0.29, 0.717) is 14.9 Å². The lowest BCUT2D eigenvalue weighted by Crippen LogP contribution is -2.27. The molecule has 1 heterocycles. The smallest absolute Gasteiger partial charge is 0.270 e. The molecular weight excluding hydrogens is 382 g/mol. The third-order valence-corrected chi connectivity index (χ3v) is 4.82. The van der Waals surface area contributed by atoms with Crippen LogP contribution in [0.15, 0.2) is 57.9 Å². The Morgan fingerprint density at radius 2 is 1.95 bits per heavy atom. The number of nitrogens with zero attached hydrogens (tertiary/aromatic N) is 1. The molecule has 3 nitrogen and oxygen atoms in total. The Kier molecular flexibility index (Phi) is 4.33. The summed E-state index contributed by atoms with van der Waals surface area (Å²) >= 11 is 9.96. The van der Waals surface area contributed by atoms with Crippen LogP contribution in [0.1, 0.15) is 5.56 Å². The molecule has 6 heteroatoms. The van der Waals surface area contributed by atoms with Crippen molar-refractivity contribution in [2.45, 2.75) is 0 Å². The first-order chi connectivity index (χ1) is 10.5. The van der Waals surface area contributed by atoms with Gasteiger partial charge in [0, 0.05) is 10.5 Å². The average molecular weight is 392 g/mol. The second kappa shape index (κ2) is 6.24. The van der Waals surface area contributed by atoms with Gasteiger partial charge in [-0.3, -0.25) is 9.69 Å². The van der Waals surface area contributed by atoms with Gasteiger partial charge in [-0.25, -0.2) is 0 Å². The Balaban J connectivity index is 1.95. The van der Waals surface area contributed by atoms with Crippen LogP contribution in [0, 0.1) is 0 Å². The topological polar surface area (TPSA) is 40.5 Å². The number of carbonyl (C=O) groups excluding carboxylic acids is 1. The molecule has 3 rings (SSSR count). The van der Waals surface area contributed by atoms with Gasteiger partial charge in [0.05, 0.1) is 10.6 Å². The van der Waals surface area contributed by atoms with Gasteiger partial charge in [0.2, 0.25) is 0 Å². The van der Waals surface area contributed by atoms with Crippen molar-refractivity contribution < 1.29 is 9.90 Å². The van der Waals surface area contributed by atoms with Gasteiger partial charge in [-0.1, -0.05) is 58.1 Å². The van der Waals surface area contributed by atoms with E-state index in [1.165, 1.54) is 22.7 Å². The van der Waals surface area contributed by atoms with E-state index in [4.69, 9.17) is 12.2 Å². The van der Waals surface area contributed by atoms with Gasteiger partial charge in [-0.15, -0.1) is 0 Å². The number of amides is 1. The van der Waals surface area contributed by atoms with Gasteiger partial charge in [-0.05, 0) is 35.9 Å². The second-order valence-electron chi connectivity index (χ2n) is 4.59. The molecule has 1 amide bonds. The van der Waals surface area contributed by atoms with Gasteiger partial charge in [0.1, 0.15) is 5.75 Å². The van der Waals surface area contributed by atoms with E-state index < -0.39 is 0 Å². The van der Waals surface area contributed by atoms with Gasteiger partial charge in [0.15, 0.2) is 4.32 Å². The number of aromatic hydroxyl groups is 1. The summed E-state index contributed by atoms with van der Waals surface area (Å²) in [6.45, 7) is 0. The van der Waals surface area contributed by atoms with Crippen molar-refractivity contribution >= 4 is 61.9 Å². The monoisotopic (exact) mass is 391 g/mol. The number of halogens is 1. The average Bonchev–Trinajstić information content (AvgIpc) is 2.73. The molecular formula is C16H10BrNO2S2. The Hall–Kier alpha value is -1.63. The number of thiocarbonyl (C=S) groups is 1.